The molecule has 0 radical (unpaired) electrons. The Morgan fingerprint density at radius 2 is 1.08 bits per heavy atom. The van der Waals surface area contributed by atoms with Crippen molar-refractivity contribution in [3.05, 3.63) is 35.4 Å². The molecule has 2 saturated heterocycles. The van der Waals surface area contributed by atoms with E-state index in [9.17, 15) is 83.2 Å². The lowest BCUT2D eigenvalue weighted by Gasteiger charge is -2.35. The lowest BCUT2D eigenvalue weighted by atomic mass is 9.78. The number of hydrogen-bond donors (Lipinski definition) is 13. The van der Waals surface area contributed by atoms with E-state index in [1.54, 1.807) is 69.8 Å². The first-order chi connectivity index (χ1) is 43.3. The second-order valence-electron chi connectivity index (χ2n) is 23.2. The van der Waals surface area contributed by atoms with E-state index in [1.807, 2.05) is 0 Å². The predicted molar refractivity (Wildman–Crippen MR) is 336 cm³/mol. The van der Waals surface area contributed by atoms with Gasteiger partial charge in [-0.25, -0.2) is 0 Å². The van der Waals surface area contributed by atoms with Crippen molar-refractivity contribution in [2.75, 3.05) is 119 Å². The number of rotatable bonds is 40. The molecule has 2 heterocycles. The molecule has 0 unspecified atom stereocenters. The molecule has 31 nitrogen and oxygen atoms in total. The van der Waals surface area contributed by atoms with Gasteiger partial charge >= 0.3 is 31.0 Å². The fraction of sp³-hybridized carbons (Fsp3) is 0.695. The molecule has 0 aromatic heterocycles. The van der Waals surface area contributed by atoms with Crippen molar-refractivity contribution < 1.29 is 83.2 Å². The molecule has 2 fully saturated rings. The molecule has 7 amide bonds. The summed E-state index contributed by atoms with van der Waals surface area (Å²) < 4.78 is 0. The van der Waals surface area contributed by atoms with E-state index in [1.165, 1.54) is 4.90 Å². The molecule has 3 rings (SSSR count). The van der Waals surface area contributed by atoms with Crippen molar-refractivity contribution in [1.29, 1.82) is 0 Å². The molecule has 0 spiro atoms. The van der Waals surface area contributed by atoms with Crippen LogP contribution in [0.25, 0.3) is 0 Å². The minimum absolute atomic E-state index is 0.0610. The highest BCUT2D eigenvalue weighted by Gasteiger charge is 2.39. The van der Waals surface area contributed by atoms with Crippen LogP contribution in [-0.4, -0.2) is 281 Å². The minimum Gasteiger partial charge on any atom is -0.480 e. The molecule has 91 heavy (non-hydrogen) atoms. The average Bonchev–Trinajstić information content (AvgIpc) is 1.90. The van der Waals surface area contributed by atoms with Crippen LogP contribution >= 0.6 is 0 Å². The number of unbranched alkanes of at least 4 members (excludes halogenated alkanes) is 5. The summed E-state index contributed by atoms with van der Waals surface area (Å²) >= 11 is 0. The molecule has 14 N–H and O–H groups in total. The summed E-state index contributed by atoms with van der Waals surface area (Å²) in [7, 11) is 1.85. The predicted octanol–water partition coefficient (Wildman–Crippen LogP) is -2.09. The number of likely N-dealkylation sites (tertiary alicyclic amines) is 1. The van der Waals surface area contributed by atoms with Gasteiger partial charge in [-0.2, -0.15) is 0 Å². The van der Waals surface area contributed by atoms with Gasteiger partial charge in [0.25, 0.3) is 5.91 Å². The van der Waals surface area contributed by atoms with Crippen molar-refractivity contribution in [2.24, 2.45) is 10.7 Å². The van der Waals surface area contributed by atoms with Gasteiger partial charge in [0.15, 0.2) is 5.96 Å². The van der Waals surface area contributed by atoms with Gasteiger partial charge in [-0.15, -0.1) is 0 Å². The van der Waals surface area contributed by atoms with Gasteiger partial charge in [0.05, 0.1) is 25.6 Å². The Labute approximate surface area is 532 Å². The van der Waals surface area contributed by atoms with Gasteiger partial charge in [-0.3, -0.25) is 77.3 Å². The molecule has 0 bridgehead atoms. The van der Waals surface area contributed by atoms with E-state index in [4.69, 9.17) is 5.73 Å². The number of carboxylic acid groups (broad SMARTS) is 4. The summed E-state index contributed by atoms with van der Waals surface area (Å²) in [5.41, 5.74) is 6.97. The number of benzene rings is 1. The molecule has 0 aliphatic carbocycles. The fourth-order valence-electron chi connectivity index (χ4n) is 10.4. The Bertz CT molecular complexity index is 2500. The molecule has 32 heteroatoms. The average molecular weight is 1290 g/mol. The fourth-order valence-corrected chi connectivity index (χ4v) is 10.4. The zero-order valence-electron chi connectivity index (χ0n) is 53.1. The standard InChI is InChI=1S/C59H99BN14O17/c1-42(57(87)74-29-13-15-47(74)60(90)91)67-55(85)44-21-19-43(20-22-44)38-66-49(76)17-8-11-27-64-56(86)45(14-12-28-65-59(61)69(2)3)68-51(78)18-7-4-6-16-48(75)62-25-9-5-10-26-63-50(77)24-23-46(58(88)89)73-36-34-71(40-53(81)82)32-30-70(39-52(79)80)31-33-72(35-37-73)41-54(83)84/h19-22,42,45-47,90-91H,4-18,23-41H2,1-3H3,(H2,61,65)(H,62,75)(H,63,77)(H,64,86)(H,66,76)(H,67,85)(H,68,78)(H,79,80)(H,81,82)(H,83,84)(H,88,89)/t42-,45+,46-,47+/m1/s1. The third-order valence-electron chi connectivity index (χ3n) is 15.6. The normalized spacial score (nSPS) is 16.6. The van der Waals surface area contributed by atoms with Gasteiger partial charge in [0.1, 0.15) is 18.1 Å². The number of carbonyl (C=O) groups excluding carboxylic acids is 7. The van der Waals surface area contributed by atoms with Crippen LogP contribution < -0.4 is 37.6 Å². The van der Waals surface area contributed by atoms with Gasteiger partial charge in [-0.05, 0) is 102 Å². The Morgan fingerprint density at radius 1 is 0.593 bits per heavy atom. The third kappa shape index (κ3) is 32.9. The summed E-state index contributed by atoms with van der Waals surface area (Å²) in [6.07, 6.45) is 6.82. The lowest BCUT2D eigenvalue weighted by Crippen LogP contribution is -2.52. The van der Waals surface area contributed by atoms with E-state index in [0.717, 1.165) is 5.56 Å². The maximum Gasteiger partial charge on any atom is 0.475 e. The van der Waals surface area contributed by atoms with Crippen LogP contribution in [0.3, 0.4) is 0 Å². The molecule has 510 valence electrons. The number of nitrogens with one attached hydrogen (secondary N) is 6. The van der Waals surface area contributed by atoms with Crippen molar-refractivity contribution in [3.8, 4) is 0 Å². The SMILES string of the molecule is C[C@@H](NC(=O)c1ccc(CNC(=O)CCCCNC(=O)[C@H](CCCN=C(N)N(C)C)NC(=O)CCCCCC(=O)NCCCCCNC(=O)CC[C@H](C(=O)O)N2CCN(CC(=O)O)CCN(CC(=O)O)CCN(CC(=O)O)CC2)cc1)C(=O)N1CCC[C@H]1B(O)O. The molecule has 2 aliphatic heterocycles. The molecule has 1 aromatic carbocycles. The van der Waals surface area contributed by atoms with Crippen LogP contribution in [0.1, 0.15) is 132 Å². The van der Waals surface area contributed by atoms with E-state index in [0.29, 0.717) is 115 Å². The van der Waals surface area contributed by atoms with Crippen LogP contribution in [0.4, 0.5) is 0 Å². The second-order valence-corrected chi connectivity index (χ2v) is 23.2. The van der Waals surface area contributed by atoms with Crippen LogP contribution in [0, 0.1) is 0 Å². The topological polar surface area (TPSA) is 439 Å². The number of carboxylic acids is 4. The largest absolute Gasteiger partial charge is 0.480 e. The van der Waals surface area contributed by atoms with Crippen molar-refractivity contribution in [1.82, 2.24) is 61.3 Å². The summed E-state index contributed by atoms with van der Waals surface area (Å²) in [5, 5.41) is 74.8. The Kier molecular flexibility index (Phi) is 37.0. The number of aliphatic carboxylic acids is 4. The highest BCUT2D eigenvalue weighted by atomic mass is 16.4. The molecule has 0 saturated carbocycles. The number of carbonyl (C=O) groups is 11. The van der Waals surface area contributed by atoms with Gasteiger partial charge in [-0.1, -0.05) is 18.6 Å². The quantitative estimate of drug-likeness (QED) is 0.0145. The second kappa shape index (κ2) is 43.3. The molecular weight excluding hydrogens is 1190 g/mol. The zero-order chi connectivity index (χ0) is 67.3. The van der Waals surface area contributed by atoms with Crippen molar-refractivity contribution >= 4 is 78.3 Å². The summed E-state index contributed by atoms with van der Waals surface area (Å²) in [4.78, 5) is 151. The Morgan fingerprint density at radius 3 is 1.60 bits per heavy atom. The van der Waals surface area contributed by atoms with Crippen LogP contribution in [-0.2, 0) is 54.5 Å². The smallest absolute Gasteiger partial charge is 0.475 e. The third-order valence-corrected chi connectivity index (χ3v) is 15.6. The van der Waals surface area contributed by atoms with E-state index < -0.39 is 66.9 Å². The monoisotopic (exact) mass is 1290 g/mol. The van der Waals surface area contributed by atoms with Crippen molar-refractivity contribution in [2.45, 2.75) is 147 Å². The first kappa shape index (κ1) is 77.7. The molecule has 4 atom stereocenters. The summed E-state index contributed by atoms with van der Waals surface area (Å²) in [5.74, 6) is -7.15. The maximum absolute atomic E-state index is 13.3. The molecule has 1 aromatic rings. The van der Waals surface area contributed by atoms with Crippen LogP contribution in [0.5, 0.6) is 0 Å². The highest BCUT2D eigenvalue weighted by Crippen LogP contribution is 2.20. The number of hydrogen-bond acceptors (Lipinski definition) is 18. The molecule has 2 aliphatic rings. The summed E-state index contributed by atoms with van der Waals surface area (Å²) in [6, 6.07) is 3.69. The van der Waals surface area contributed by atoms with Crippen LogP contribution in [0.15, 0.2) is 29.3 Å². The van der Waals surface area contributed by atoms with Crippen molar-refractivity contribution in [3.63, 3.8) is 0 Å². The molecular formula is C59H99BN14O17. The van der Waals surface area contributed by atoms with E-state index in [-0.39, 0.29) is 147 Å². The Balaban J connectivity index is 1.32. The number of aliphatic imine (C=N–C) groups is 1. The highest BCUT2D eigenvalue weighted by molar-refractivity contribution is 6.43. The van der Waals surface area contributed by atoms with Gasteiger partial charge in [0.2, 0.25) is 35.4 Å². The number of nitrogens with two attached hydrogens (primary N) is 1. The Hall–Kier alpha value is -7.52. The lowest BCUT2D eigenvalue weighted by molar-refractivity contribution is -0.145. The number of amides is 7. The minimum atomic E-state index is -1.66. The first-order valence-electron chi connectivity index (χ1n) is 31.5. The van der Waals surface area contributed by atoms with E-state index in [2.05, 4.69) is 36.9 Å². The number of nitrogens with zero attached hydrogens (tertiary/aromatic N) is 7. The van der Waals surface area contributed by atoms with E-state index >= 15 is 0 Å². The zero-order valence-corrected chi connectivity index (χ0v) is 53.1. The van der Waals surface area contributed by atoms with Gasteiger partial charge in [0, 0.05) is 137 Å². The van der Waals surface area contributed by atoms with Crippen LogP contribution in [0.2, 0.25) is 0 Å². The number of guanidine groups is 1. The van der Waals surface area contributed by atoms with Gasteiger partial charge < -0.3 is 77.9 Å². The first-order valence-corrected chi connectivity index (χ1v) is 31.5. The maximum atomic E-state index is 13.3. The summed E-state index contributed by atoms with van der Waals surface area (Å²) in [6.45, 7) is 3.63.